The Kier molecular flexibility index (Phi) is 7.73. The van der Waals surface area contributed by atoms with Gasteiger partial charge in [-0.05, 0) is 50.4 Å². The lowest BCUT2D eigenvalue weighted by atomic mass is 9.78. The molecule has 21 heavy (non-hydrogen) atoms. The molecule has 1 aromatic heterocycles. The summed E-state index contributed by atoms with van der Waals surface area (Å²) in [6.07, 6.45) is 5.93. The maximum absolute atomic E-state index is 4.45. The quantitative estimate of drug-likeness (QED) is 0.778. The van der Waals surface area contributed by atoms with Gasteiger partial charge in [0.2, 0.25) is 0 Å². The van der Waals surface area contributed by atoms with Crippen molar-refractivity contribution in [3.63, 3.8) is 0 Å². The van der Waals surface area contributed by atoms with Crippen LogP contribution in [0.1, 0.15) is 47.0 Å². The van der Waals surface area contributed by atoms with Crippen LogP contribution in [0.2, 0.25) is 0 Å². The molecular formula is C18H33N3. The maximum Gasteiger partial charge on any atom is 0.128 e. The van der Waals surface area contributed by atoms with Crippen LogP contribution in [0.3, 0.4) is 0 Å². The molecule has 0 aliphatic carbocycles. The number of hydrogen-bond acceptors (Lipinski definition) is 3. The number of piperidine rings is 1. The third kappa shape index (κ3) is 4.70. The van der Waals surface area contributed by atoms with E-state index >= 15 is 0 Å². The Hall–Kier alpha value is -1.09. The highest BCUT2D eigenvalue weighted by Crippen LogP contribution is 2.40. The molecule has 3 heteroatoms. The van der Waals surface area contributed by atoms with Crippen LogP contribution in [0.25, 0.3) is 0 Å². The van der Waals surface area contributed by atoms with E-state index in [1.807, 2.05) is 40.0 Å². The first-order valence-corrected chi connectivity index (χ1v) is 8.62. The van der Waals surface area contributed by atoms with Crippen LogP contribution in [0.5, 0.6) is 0 Å². The Balaban J connectivity index is 0.000000510. The molecule has 2 saturated heterocycles. The summed E-state index contributed by atoms with van der Waals surface area (Å²) in [5, 5.41) is 0. The Morgan fingerprint density at radius 1 is 0.952 bits per heavy atom. The van der Waals surface area contributed by atoms with Gasteiger partial charge in [0.15, 0.2) is 0 Å². The lowest BCUT2D eigenvalue weighted by molar-refractivity contribution is 0.222. The fraction of sp³-hybridized carbons (Fsp3) is 0.722. The minimum atomic E-state index is 0.611. The van der Waals surface area contributed by atoms with Gasteiger partial charge in [-0.3, -0.25) is 0 Å². The van der Waals surface area contributed by atoms with Gasteiger partial charge in [-0.1, -0.05) is 33.8 Å². The van der Waals surface area contributed by atoms with E-state index in [1.54, 1.807) is 0 Å². The van der Waals surface area contributed by atoms with Crippen LogP contribution in [-0.4, -0.2) is 43.1 Å². The van der Waals surface area contributed by atoms with Gasteiger partial charge in [0.1, 0.15) is 5.82 Å². The predicted molar refractivity (Wildman–Crippen MR) is 92.9 cm³/mol. The van der Waals surface area contributed by atoms with E-state index in [0.29, 0.717) is 5.41 Å². The van der Waals surface area contributed by atoms with Gasteiger partial charge in [-0.2, -0.15) is 0 Å². The maximum atomic E-state index is 4.45. The highest BCUT2D eigenvalue weighted by Gasteiger charge is 2.39. The number of nitrogens with zero attached hydrogens (tertiary/aromatic N) is 3. The first kappa shape index (κ1) is 18.0. The van der Waals surface area contributed by atoms with Gasteiger partial charge in [-0.25, -0.2) is 4.98 Å². The summed E-state index contributed by atoms with van der Waals surface area (Å²) >= 11 is 0. The lowest BCUT2D eigenvalue weighted by Crippen LogP contribution is -2.41. The van der Waals surface area contributed by atoms with Gasteiger partial charge in [0.25, 0.3) is 0 Å². The molecule has 2 aliphatic heterocycles. The van der Waals surface area contributed by atoms with Gasteiger partial charge in [0, 0.05) is 25.8 Å². The van der Waals surface area contributed by atoms with E-state index < -0.39 is 0 Å². The van der Waals surface area contributed by atoms with Crippen molar-refractivity contribution < 1.29 is 0 Å². The molecule has 1 aromatic rings. The number of pyridine rings is 1. The van der Waals surface area contributed by atoms with E-state index in [1.165, 1.54) is 45.4 Å². The van der Waals surface area contributed by atoms with Crippen LogP contribution >= 0.6 is 0 Å². The highest BCUT2D eigenvalue weighted by atomic mass is 15.2. The summed E-state index contributed by atoms with van der Waals surface area (Å²) in [6.45, 7) is 12.9. The molecule has 2 fully saturated rings. The Morgan fingerprint density at radius 2 is 1.57 bits per heavy atom. The molecular weight excluding hydrogens is 258 g/mol. The van der Waals surface area contributed by atoms with Crippen molar-refractivity contribution in [3.05, 3.63) is 24.4 Å². The Labute approximate surface area is 131 Å². The zero-order valence-electron chi connectivity index (χ0n) is 14.6. The molecule has 2 aliphatic rings. The fourth-order valence-electron chi connectivity index (χ4n) is 3.32. The monoisotopic (exact) mass is 291 g/mol. The molecule has 3 nitrogen and oxygen atoms in total. The minimum Gasteiger partial charge on any atom is -0.357 e. The summed E-state index contributed by atoms with van der Waals surface area (Å²) in [6, 6.07) is 6.19. The summed E-state index contributed by atoms with van der Waals surface area (Å²) in [7, 11) is 2.25. The van der Waals surface area contributed by atoms with Gasteiger partial charge >= 0.3 is 0 Å². The normalized spacial score (nSPS) is 20.3. The number of likely N-dealkylation sites (tertiary alicyclic amines) is 1. The largest absolute Gasteiger partial charge is 0.357 e. The predicted octanol–water partition coefficient (Wildman–Crippen LogP) is 4.06. The molecule has 120 valence electrons. The Morgan fingerprint density at radius 3 is 2.05 bits per heavy atom. The molecule has 0 atom stereocenters. The van der Waals surface area contributed by atoms with Crippen LogP contribution in [0.4, 0.5) is 5.82 Å². The summed E-state index contributed by atoms with van der Waals surface area (Å²) in [4.78, 5) is 9.36. The second kappa shape index (κ2) is 9.04. The van der Waals surface area contributed by atoms with E-state index in [9.17, 15) is 0 Å². The average Bonchev–Trinajstić information content (AvgIpc) is 2.93. The highest BCUT2D eigenvalue weighted by molar-refractivity contribution is 5.38. The number of hydrogen-bond donors (Lipinski definition) is 0. The second-order valence-electron chi connectivity index (χ2n) is 5.66. The SMILES string of the molecule is CC.CC.CN1CCC2(CCN(c3ccccn3)CC2)C1. The zero-order valence-corrected chi connectivity index (χ0v) is 14.6. The first-order chi connectivity index (χ1) is 10.3. The van der Waals surface area contributed by atoms with Crippen molar-refractivity contribution in [1.82, 2.24) is 9.88 Å². The molecule has 0 amide bonds. The van der Waals surface area contributed by atoms with E-state index in [0.717, 1.165) is 5.82 Å². The molecule has 3 rings (SSSR count). The number of rotatable bonds is 1. The second-order valence-corrected chi connectivity index (χ2v) is 5.66. The van der Waals surface area contributed by atoms with Crippen molar-refractivity contribution in [2.45, 2.75) is 47.0 Å². The van der Waals surface area contributed by atoms with Gasteiger partial charge in [0.05, 0.1) is 0 Å². The van der Waals surface area contributed by atoms with E-state index in [2.05, 4.69) is 34.0 Å². The van der Waals surface area contributed by atoms with Crippen LogP contribution < -0.4 is 4.90 Å². The van der Waals surface area contributed by atoms with E-state index in [4.69, 9.17) is 0 Å². The van der Waals surface area contributed by atoms with E-state index in [-0.39, 0.29) is 0 Å². The first-order valence-electron chi connectivity index (χ1n) is 8.62. The Bertz CT molecular complexity index is 369. The molecule has 0 aromatic carbocycles. The van der Waals surface area contributed by atoms with Crippen molar-refractivity contribution in [1.29, 1.82) is 0 Å². The number of aromatic nitrogens is 1. The molecule has 0 saturated carbocycles. The average molecular weight is 291 g/mol. The molecule has 0 unspecified atom stereocenters. The molecule has 1 spiro atoms. The van der Waals surface area contributed by atoms with Crippen molar-refractivity contribution in [2.24, 2.45) is 5.41 Å². The standard InChI is InChI=1S/C14H21N3.2C2H6/c1-16-9-5-14(12-16)6-10-17(11-7-14)13-4-2-3-8-15-13;2*1-2/h2-4,8H,5-7,9-12H2,1H3;2*1-2H3. The van der Waals surface area contributed by atoms with Crippen LogP contribution in [0.15, 0.2) is 24.4 Å². The lowest BCUT2D eigenvalue weighted by Gasteiger charge is -2.39. The van der Waals surface area contributed by atoms with Crippen molar-refractivity contribution >= 4 is 5.82 Å². The molecule has 3 heterocycles. The molecule has 0 radical (unpaired) electrons. The third-order valence-electron chi connectivity index (χ3n) is 4.43. The minimum absolute atomic E-state index is 0.611. The molecule has 0 N–H and O–H groups in total. The van der Waals surface area contributed by atoms with Gasteiger partial charge < -0.3 is 9.80 Å². The third-order valence-corrected chi connectivity index (χ3v) is 4.43. The van der Waals surface area contributed by atoms with Crippen molar-refractivity contribution in [3.8, 4) is 0 Å². The molecule has 0 bridgehead atoms. The summed E-state index contributed by atoms with van der Waals surface area (Å²) in [5.74, 6) is 1.15. The topological polar surface area (TPSA) is 19.4 Å². The van der Waals surface area contributed by atoms with Crippen LogP contribution in [-0.2, 0) is 0 Å². The van der Waals surface area contributed by atoms with Crippen LogP contribution in [0, 0.1) is 5.41 Å². The number of anilines is 1. The van der Waals surface area contributed by atoms with Crippen molar-refractivity contribution in [2.75, 3.05) is 38.1 Å². The summed E-state index contributed by atoms with van der Waals surface area (Å²) < 4.78 is 0. The zero-order chi connectivity index (χ0) is 15.7. The summed E-state index contributed by atoms with van der Waals surface area (Å²) in [5.41, 5.74) is 0.611. The van der Waals surface area contributed by atoms with Gasteiger partial charge in [-0.15, -0.1) is 0 Å². The smallest absolute Gasteiger partial charge is 0.128 e. The fourth-order valence-corrected chi connectivity index (χ4v) is 3.32.